The molecule has 2 unspecified atom stereocenters. The van der Waals surface area contributed by atoms with Crippen molar-refractivity contribution in [3.8, 4) is 5.75 Å². The van der Waals surface area contributed by atoms with E-state index in [0.717, 1.165) is 49.3 Å². The third-order valence-corrected chi connectivity index (χ3v) is 5.56. The highest BCUT2D eigenvalue weighted by atomic mass is 16.5. The lowest BCUT2D eigenvalue weighted by Gasteiger charge is -2.32. The van der Waals surface area contributed by atoms with E-state index in [1.54, 1.807) is 0 Å². The van der Waals surface area contributed by atoms with Crippen molar-refractivity contribution >= 4 is 22.6 Å². The van der Waals surface area contributed by atoms with Gasteiger partial charge < -0.3 is 19.7 Å². The zero-order valence-electron chi connectivity index (χ0n) is 16.5. The second-order valence-corrected chi connectivity index (χ2v) is 7.92. The second-order valence-electron chi connectivity index (χ2n) is 7.92. The van der Waals surface area contributed by atoms with Crippen LogP contribution in [0.1, 0.15) is 32.6 Å². The molecule has 28 heavy (non-hydrogen) atoms. The number of pyridine rings is 1. The molecule has 2 aliphatic rings. The van der Waals surface area contributed by atoms with E-state index in [9.17, 15) is 4.79 Å². The average Bonchev–Trinajstić information content (AvgIpc) is 3.24. The first-order valence-corrected chi connectivity index (χ1v) is 10.3. The quantitative estimate of drug-likeness (QED) is 0.830. The maximum absolute atomic E-state index is 12.1. The van der Waals surface area contributed by atoms with Gasteiger partial charge in [-0.25, -0.2) is 4.98 Å². The summed E-state index contributed by atoms with van der Waals surface area (Å²) in [5, 5.41) is 3.91. The predicted octanol–water partition coefficient (Wildman–Crippen LogP) is 3.15. The largest absolute Gasteiger partial charge is 0.481 e. The van der Waals surface area contributed by atoms with Crippen molar-refractivity contribution in [3.63, 3.8) is 0 Å². The van der Waals surface area contributed by atoms with Gasteiger partial charge in [0, 0.05) is 31.6 Å². The van der Waals surface area contributed by atoms with E-state index < -0.39 is 0 Å². The normalized spacial score (nSPS) is 22.4. The van der Waals surface area contributed by atoms with Gasteiger partial charge in [-0.15, -0.1) is 0 Å². The Kier molecular flexibility index (Phi) is 5.95. The summed E-state index contributed by atoms with van der Waals surface area (Å²) < 4.78 is 11.4. The summed E-state index contributed by atoms with van der Waals surface area (Å²) in [7, 11) is 0. The molecule has 2 atom stereocenters. The zero-order valence-corrected chi connectivity index (χ0v) is 16.5. The van der Waals surface area contributed by atoms with Gasteiger partial charge in [-0.05, 0) is 49.8 Å². The van der Waals surface area contributed by atoms with E-state index in [2.05, 4.69) is 29.3 Å². The van der Waals surface area contributed by atoms with Crippen LogP contribution in [-0.4, -0.2) is 49.8 Å². The van der Waals surface area contributed by atoms with Crippen LogP contribution in [-0.2, 0) is 9.53 Å². The van der Waals surface area contributed by atoms with Crippen molar-refractivity contribution in [2.45, 2.75) is 38.7 Å². The minimum atomic E-state index is -0.131. The van der Waals surface area contributed by atoms with E-state index in [1.165, 1.54) is 12.8 Å². The first-order valence-electron chi connectivity index (χ1n) is 10.3. The molecule has 0 saturated carbocycles. The molecule has 1 amide bonds. The minimum Gasteiger partial charge on any atom is -0.481 e. The summed E-state index contributed by atoms with van der Waals surface area (Å²) in [6.07, 6.45) is 4.68. The number of para-hydroxylation sites is 1. The Bertz CT molecular complexity index is 820. The zero-order chi connectivity index (χ0) is 19.3. The number of carbonyl (C=O) groups is 1. The Morgan fingerprint density at radius 1 is 1.29 bits per heavy atom. The summed E-state index contributed by atoms with van der Waals surface area (Å²) in [6.45, 7) is 5.68. The van der Waals surface area contributed by atoms with Crippen LogP contribution in [0.5, 0.6) is 5.75 Å². The fraction of sp³-hybridized carbons (Fsp3) is 0.545. The van der Waals surface area contributed by atoms with Crippen molar-refractivity contribution in [3.05, 3.63) is 30.3 Å². The van der Waals surface area contributed by atoms with Gasteiger partial charge in [-0.1, -0.05) is 19.1 Å². The van der Waals surface area contributed by atoms with Gasteiger partial charge in [-0.3, -0.25) is 4.79 Å². The Morgan fingerprint density at radius 3 is 3.04 bits per heavy atom. The molecular weight excluding hydrogens is 354 g/mol. The van der Waals surface area contributed by atoms with E-state index in [1.807, 2.05) is 18.2 Å². The maximum Gasteiger partial charge on any atom is 0.258 e. The van der Waals surface area contributed by atoms with Crippen molar-refractivity contribution in [2.75, 3.05) is 37.7 Å². The molecule has 6 heteroatoms. The lowest BCUT2D eigenvalue weighted by Crippen LogP contribution is -2.35. The number of benzene rings is 1. The number of fused-ring (bicyclic) bond motifs is 1. The number of ether oxygens (including phenoxy) is 2. The molecule has 1 N–H and O–H groups in total. The summed E-state index contributed by atoms with van der Waals surface area (Å²) in [5.41, 5.74) is 0.810. The molecule has 150 valence electrons. The van der Waals surface area contributed by atoms with E-state index >= 15 is 0 Å². The SMILES string of the molecule is CC1CCCN(c2ccc3cccc(OCC(=O)NCC4CCCO4)c3n2)C1. The fourth-order valence-corrected chi connectivity index (χ4v) is 4.03. The highest BCUT2D eigenvalue weighted by Gasteiger charge is 2.19. The van der Waals surface area contributed by atoms with Crippen LogP contribution in [0.25, 0.3) is 10.9 Å². The van der Waals surface area contributed by atoms with Gasteiger partial charge >= 0.3 is 0 Å². The number of anilines is 1. The Labute approximate surface area is 166 Å². The number of piperidine rings is 1. The molecule has 4 rings (SSSR count). The minimum absolute atomic E-state index is 0.0154. The van der Waals surface area contributed by atoms with E-state index in [4.69, 9.17) is 14.5 Å². The summed E-state index contributed by atoms with van der Waals surface area (Å²) >= 11 is 0. The van der Waals surface area contributed by atoms with Crippen molar-refractivity contribution < 1.29 is 14.3 Å². The molecule has 3 heterocycles. The highest BCUT2D eigenvalue weighted by Crippen LogP contribution is 2.28. The highest BCUT2D eigenvalue weighted by molar-refractivity contribution is 5.86. The van der Waals surface area contributed by atoms with Gasteiger partial charge in [0.15, 0.2) is 6.61 Å². The Morgan fingerprint density at radius 2 is 2.21 bits per heavy atom. The first-order chi connectivity index (χ1) is 13.7. The number of hydrogen-bond donors (Lipinski definition) is 1. The van der Waals surface area contributed by atoms with Gasteiger partial charge in [0.2, 0.25) is 0 Å². The van der Waals surface area contributed by atoms with E-state index in [-0.39, 0.29) is 18.6 Å². The molecule has 0 spiro atoms. The number of carbonyl (C=O) groups excluding carboxylic acids is 1. The molecule has 1 aromatic carbocycles. The molecule has 6 nitrogen and oxygen atoms in total. The molecular formula is C22H29N3O3. The number of rotatable bonds is 6. The van der Waals surface area contributed by atoms with Crippen LogP contribution < -0.4 is 15.0 Å². The number of nitrogens with zero attached hydrogens (tertiary/aromatic N) is 2. The predicted molar refractivity (Wildman–Crippen MR) is 110 cm³/mol. The van der Waals surface area contributed by atoms with Crippen LogP contribution in [0.15, 0.2) is 30.3 Å². The van der Waals surface area contributed by atoms with Crippen LogP contribution in [0.3, 0.4) is 0 Å². The second kappa shape index (κ2) is 8.78. The molecule has 2 aromatic rings. The number of amides is 1. The van der Waals surface area contributed by atoms with Crippen LogP contribution in [0.2, 0.25) is 0 Å². The Hall–Kier alpha value is -2.34. The topological polar surface area (TPSA) is 63.7 Å². The van der Waals surface area contributed by atoms with Gasteiger partial charge in [0.1, 0.15) is 17.1 Å². The third kappa shape index (κ3) is 4.55. The number of aromatic nitrogens is 1. The van der Waals surface area contributed by atoms with Crippen molar-refractivity contribution in [1.82, 2.24) is 10.3 Å². The van der Waals surface area contributed by atoms with Gasteiger partial charge in [-0.2, -0.15) is 0 Å². The number of nitrogens with one attached hydrogen (secondary N) is 1. The lowest BCUT2D eigenvalue weighted by molar-refractivity contribution is -0.123. The maximum atomic E-state index is 12.1. The third-order valence-electron chi connectivity index (χ3n) is 5.56. The Balaban J connectivity index is 1.42. The lowest BCUT2D eigenvalue weighted by atomic mass is 10.0. The van der Waals surface area contributed by atoms with Gasteiger partial charge in [0.05, 0.1) is 6.10 Å². The van der Waals surface area contributed by atoms with Crippen LogP contribution in [0.4, 0.5) is 5.82 Å². The molecule has 0 aliphatic carbocycles. The standard InChI is InChI=1S/C22H29N3O3/c1-16-5-3-11-25(14-16)20-10-9-17-6-2-8-19(22(17)24-20)28-15-21(26)23-13-18-7-4-12-27-18/h2,6,8-10,16,18H,3-5,7,11-15H2,1H3,(H,23,26). The number of hydrogen-bond acceptors (Lipinski definition) is 5. The van der Waals surface area contributed by atoms with E-state index in [0.29, 0.717) is 18.2 Å². The molecule has 1 aromatic heterocycles. The van der Waals surface area contributed by atoms with Crippen molar-refractivity contribution in [1.29, 1.82) is 0 Å². The van der Waals surface area contributed by atoms with Crippen LogP contribution in [0, 0.1) is 5.92 Å². The van der Waals surface area contributed by atoms with Crippen molar-refractivity contribution in [2.24, 2.45) is 5.92 Å². The monoisotopic (exact) mass is 383 g/mol. The first kappa shape index (κ1) is 19.0. The molecule has 2 fully saturated rings. The molecule has 0 bridgehead atoms. The van der Waals surface area contributed by atoms with Crippen LogP contribution >= 0.6 is 0 Å². The smallest absolute Gasteiger partial charge is 0.258 e. The average molecular weight is 383 g/mol. The summed E-state index contributed by atoms with van der Waals surface area (Å²) in [6, 6.07) is 10.0. The fourth-order valence-electron chi connectivity index (χ4n) is 4.03. The molecule has 0 radical (unpaired) electrons. The molecule has 2 aliphatic heterocycles. The van der Waals surface area contributed by atoms with Gasteiger partial charge in [0.25, 0.3) is 5.91 Å². The summed E-state index contributed by atoms with van der Waals surface area (Å²) in [5.74, 6) is 2.19. The molecule has 2 saturated heterocycles. The summed E-state index contributed by atoms with van der Waals surface area (Å²) in [4.78, 5) is 19.4.